The monoisotopic (exact) mass is 484 g/mol. The van der Waals surface area contributed by atoms with Crippen molar-refractivity contribution in [3.63, 3.8) is 0 Å². The Morgan fingerprint density at radius 3 is 2.18 bits per heavy atom. The van der Waals surface area contributed by atoms with Crippen molar-refractivity contribution < 1.29 is 56.0 Å². The molecule has 33 heavy (non-hydrogen) atoms. The second kappa shape index (κ2) is 12.8. The summed E-state index contributed by atoms with van der Waals surface area (Å²) in [6.07, 6.45) is -10.5. The molecule has 1 heterocycles. The van der Waals surface area contributed by atoms with E-state index in [0.717, 1.165) is 20.8 Å². The summed E-state index contributed by atoms with van der Waals surface area (Å²) in [5, 5.41) is 5.13. The maximum Gasteiger partial charge on any atom is 0.471 e. The molecular formula is C17H23F3N4O9. The molecule has 16 heteroatoms. The van der Waals surface area contributed by atoms with Crippen LogP contribution < -0.4 is 5.32 Å². The highest BCUT2D eigenvalue weighted by molar-refractivity contribution is 5.81. The summed E-state index contributed by atoms with van der Waals surface area (Å²) in [4.78, 5) is 47.9. The van der Waals surface area contributed by atoms with Crippen LogP contribution in [0.4, 0.5) is 13.2 Å². The number of amides is 1. The minimum atomic E-state index is -5.03. The predicted molar refractivity (Wildman–Crippen MR) is 99.0 cm³/mol. The van der Waals surface area contributed by atoms with Crippen molar-refractivity contribution in [3.05, 3.63) is 10.4 Å². The second-order valence-electron chi connectivity index (χ2n) is 6.67. The maximum absolute atomic E-state index is 12.2. The molecule has 0 saturated carbocycles. The third kappa shape index (κ3) is 9.51. The van der Waals surface area contributed by atoms with Crippen LogP contribution in [0.25, 0.3) is 10.4 Å². The highest BCUT2D eigenvalue weighted by Crippen LogP contribution is 2.30. The Hall–Kier alpha value is -3.10. The first-order valence-corrected chi connectivity index (χ1v) is 9.51. The average molecular weight is 484 g/mol. The predicted octanol–water partition coefficient (Wildman–Crippen LogP) is 0.902. The summed E-state index contributed by atoms with van der Waals surface area (Å²) in [7, 11) is 0. The van der Waals surface area contributed by atoms with Crippen molar-refractivity contribution in [1.82, 2.24) is 5.32 Å². The van der Waals surface area contributed by atoms with Gasteiger partial charge in [-0.3, -0.25) is 19.2 Å². The molecule has 0 spiro atoms. The van der Waals surface area contributed by atoms with E-state index in [1.54, 1.807) is 5.32 Å². The lowest BCUT2D eigenvalue weighted by Crippen LogP contribution is -2.61. The molecule has 1 aliphatic rings. The molecular weight excluding hydrogens is 461 g/mol. The Labute approximate surface area is 185 Å². The summed E-state index contributed by atoms with van der Waals surface area (Å²) in [6, 6.07) is -1.37. The number of hydrogen-bond donors (Lipinski definition) is 1. The Kier molecular flexibility index (Phi) is 10.8. The number of alkyl halides is 3. The van der Waals surface area contributed by atoms with E-state index in [2.05, 4.69) is 10.0 Å². The summed E-state index contributed by atoms with van der Waals surface area (Å²) in [6.45, 7) is 2.11. The van der Waals surface area contributed by atoms with E-state index in [4.69, 9.17) is 29.2 Å². The fourth-order valence-electron chi connectivity index (χ4n) is 2.78. The van der Waals surface area contributed by atoms with E-state index in [-0.39, 0.29) is 13.0 Å². The Morgan fingerprint density at radius 1 is 1.06 bits per heavy atom. The molecule has 1 saturated heterocycles. The molecule has 1 N–H and O–H groups in total. The van der Waals surface area contributed by atoms with Gasteiger partial charge in [-0.25, -0.2) is 0 Å². The molecule has 1 fully saturated rings. The van der Waals surface area contributed by atoms with E-state index < -0.39 is 73.8 Å². The van der Waals surface area contributed by atoms with Crippen molar-refractivity contribution >= 4 is 23.8 Å². The van der Waals surface area contributed by atoms with Crippen LogP contribution in [0.1, 0.15) is 27.2 Å². The minimum Gasteiger partial charge on any atom is -0.463 e. The zero-order chi connectivity index (χ0) is 25.2. The minimum absolute atomic E-state index is 0.0924. The van der Waals surface area contributed by atoms with Crippen LogP contribution in [0.3, 0.4) is 0 Å². The number of carbonyl (C=O) groups excluding carboxylic acids is 4. The molecule has 0 aromatic rings. The van der Waals surface area contributed by atoms with Crippen LogP contribution >= 0.6 is 0 Å². The summed E-state index contributed by atoms with van der Waals surface area (Å²) in [5.74, 6) is -4.44. The molecule has 13 nitrogen and oxygen atoms in total. The van der Waals surface area contributed by atoms with Gasteiger partial charge in [0.05, 0.1) is 6.61 Å². The van der Waals surface area contributed by atoms with Gasteiger partial charge in [0.15, 0.2) is 18.5 Å². The molecule has 0 radical (unpaired) electrons. The highest BCUT2D eigenvalue weighted by Gasteiger charge is 2.50. The molecule has 5 atom stereocenters. The normalized spacial score (nSPS) is 24.7. The second-order valence-corrected chi connectivity index (χ2v) is 6.67. The molecule has 0 aromatic heterocycles. The molecule has 0 unspecified atom stereocenters. The van der Waals surface area contributed by atoms with Crippen LogP contribution in [-0.4, -0.2) is 80.4 Å². The molecule has 186 valence electrons. The number of nitrogens with one attached hydrogen (secondary N) is 1. The summed E-state index contributed by atoms with van der Waals surface area (Å²) in [5.41, 5.74) is 8.92. The number of rotatable bonds is 10. The van der Waals surface area contributed by atoms with Gasteiger partial charge in [0.1, 0.15) is 18.8 Å². The first kappa shape index (κ1) is 27.9. The number of carbonyl (C=O) groups is 4. The number of hydrogen-bond acceptors (Lipinski definition) is 10. The van der Waals surface area contributed by atoms with Gasteiger partial charge < -0.3 is 29.0 Å². The zero-order valence-corrected chi connectivity index (χ0v) is 17.9. The first-order chi connectivity index (χ1) is 15.4. The van der Waals surface area contributed by atoms with Gasteiger partial charge in [0, 0.05) is 32.2 Å². The van der Waals surface area contributed by atoms with E-state index in [0.29, 0.717) is 0 Å². The number of esters is 3. The van der Waals surface area contributed by atoms with Crippen LogP contribution in [0, 0.1) is 0 Å². The van der Waals surface area contributed by atoms with E-state index in [1.165, 1.54) is 0 Å². The first-order valence-electron chi connectivity index (χ1n) is 9.51. The Bertz CT molecular complexity index is 773. The van der Waals surface area contributed by atoms with Gasteiger partial charge in [-0.05, 0) is 12.0 Å². The smallest absolute Gasteiger partial charge is 0.463 e. The standard InChI is InChI=1S/C17H23F3N4O9/c1-8(25)30-7-11-13(31-9(2)26)14(32-10(3)27)12(23-24-21)15(33-11)29-6-4-5-22-16(28)17(18,19)20/h11-15H,4-7H2,1-3H3,(H,22,28)/t11-,12-,13+,14-,15-/m1/s1. The largest absolute Gasteiger partial charge is 0.471 e. The van der Waals surface area contributed by atoms with Gasteiger partial charge in [-0.15, -0.1) is 0 Å². The van der Waals surface area contributed by atoms with Gasteiger partial charge in [-0.2, -0.15) is 13.2 Å². The summed E-state index contributed by atoms with van der Waals surface area (Å²) < 4.78 is 62.9. The maximum atomic E-state index is 12.2. The number of nitrogens with zero attached hydrogens (tertiary/aromatic N) is 3. The lowest BCUT2D eigenvalue weighted by molar-refractivity contribution is -0.273. The molecule has 1 amide bonds. The van der Waals surface area contributed by atoms with Crippen molar-refractivity contribution in [3.8, 4) is 0 Å². The Morgan fingerprint density at radius 2 is 1.67 bits per heavy atom. The number of azide groups is 1. The van der Waals surface area contributed by atoms with Crippen molar-refractivity contribution in [2.75, 3.05) is 19.8 Å². The van der Waals surface area contributed by atoms with Crippen LogP contribution in [-0.2, 0) is 42.9 Å². The van der Waals surface area contributed by atoms with E-state index >= 15 is 0 Å². The third-order valence-corrected chi connectivity index (χ3v) is 4.00. The SMILES string of the molecule is CC(=O)OC[C@H]1O[C@@H](OCCCNC(=O)C(F)(F)F)[C@H](N=[N+]=[N-])[C@@H](OC(C)=O)[C@H]1OC(C)=O. The van der Waals surface area contributed by atoms with Crippen molar-refractivity contribution in [2.24, 2.45) is 5.11 Å². The van der Waals surface area contributed by atoms with Crippen LogP contribution in [0.2, 0.25) is 0 Å². The molecule has 1 aliphatic heterocycles. The van der Waals surface area contributed by atoms with Crippen LogP contribution in [0.5, 0.6) is 0 Å². The topological polar surface area (TPSA) is 175 Å². The molecule has 0 aromatic carbocycles. The van der Waals surface area contributed by atoms with Crippen LogP contribution in [0.15, 0.2) is 5.11 Å². The zero-order valence-electron chi connectivity index (χ0n) is 17.9. The van der Waals surface area contributed by atoms with E-state index in [1.807, 2.05) is 0 Å². The van der Waals surface area contributed by atoms with Crippen molar-refractivity contribution in [1.29, 1.82) is 0 Å². The van der Waals surface area contributed by atoms with Crippen molar-refractivity contribution in [2.45, 2.75) is 64.0 Å². The quantitative estimate of drug-likeness (QED) is 0.118. The lowest BCUT2D eigenvalue weighted by Gasteiger charge is -2.43. The van der Waals surface area contributed by atoms with E-state index in [9.17, 15) is 32.3 Å². The molecule has 0 bridgehead atoms. The third-order valence-electron chi connectivity index (χ3n) is 4.00. The fraction of sp³-hybridized carbons (Fsp3) is 0.765. The fourth-order valence-corrected chi connectivity index (χ4v) is 2.78. The van der Waals surface area contributed by atoms with Gasteiger partial charge in [0.25, 0.3) is 0 Å². The highest BCUT2D eigenvalue weighted by atomic mass is 19.4. The Balaban J connectivity index is 3.00. The average Bonchev–Trinajstić information content (AvgIpc) is 2.68. The molecule has 0 aliphatic carbocycles. The van der Waals surface area contributed by atoms with Gasteiger partial charge >= 0.3 is 30.0 Å². The summed E-state index contributed by atoms with van der Waals surface area (Å²) >= 11 is 0. The molecule has 1 rings (SSSR count). The lowest BCUT2D eigenvalue weighted by atomic mass is 9.97. The van der Waals surface area contributed by atoms with Gasteiger partial charge in [-0.1, -0.05) is 5.11 Å². The van der Waals surface area contributed by atoms with Gasteiger partial charge in [0.2, 0.25) is 0 Å². The number of halogens is 3. The number of ether oxygens (including phenoxy) is 5.